The molecule has 136 valence electrons. The molecular formula is C18H19N3O4S. The molecule has 1 saturated heterocycles. The van der Waals surface area contributed by atoms with E-state index < -0.39 is 24.5 Å². The summed E-state index contributed by atoms with van der Waals surface area (Å²) in [5, 5.41) is 31.6. The Hall–Kier alpha value is -1.97. The molecule has 1 aromatic carbocycles. The molecular weight excluding hydrogens is 354 g/mol. The van der Waals surface area contributed by atoms with Crippen LogP contribution in [0.25, 0.3) is 22.2 Å². The molecule has 4 atom stereocenters. The van der Waals surface area contributed by atoms with Gasteiger partial charge in [0.05, 0.1) is 12.0 Å². The molecule has 0 amide bonds. The van der Waals surface area contributed by atoms with Gasteiger partial charge in [0.1, 0.15) is 35.3 Å². The van der Waals surface area contributed by atoms with E-state index in [0.29, 0.717) is 5.65 Å². The molecule has 8 heteroatoms. The lowest BCUT2D eigenvalue weighted by molar-refractivity contribution is -0.0508. The maximum Gasteiger partial charge on any atom is 0.164 e. The third-order valence-corrected chi connectivity index (χ3v) is 5.34. The highest BCUT2D eigenvalue weighted by atomic mass is 32.2. The predicted molar refractivity (Wildman–Crippen MR) is 97.8 cm³/mol. The van der Waals surface area contributed by atoms with Gasteiger partial charge in [-0.3, -0.25) is 0 Å². The third-order valence-electron chi connectivity index (χ3n) is 4.64. The first kappa shape index (κ1) is 17.4. The number of fused-ring (bicyclic) bond motifs is 1. The Kier molecular flexibility index (Phi) is 4.68. The van der Waals surface area contributed by atoms with Gasteiger partial charge in [0, 0.05) is 11.8 Å². The molecule has 7 nitrogen and oxygen atoms in total. The Morgan fingerprint density at radius 2 is 1.92 bits per heavy atom. The van der Waals surface area contributed by atoms with Crippen LogP contribution in [0.15, 0.2) is 47.9 Å². The maximum absolute atomic E-state index is 10.4. The molecule has 1 aliphatic rings. The van der Waals surface area contributed by atoms with Gasteiger partial charge in [-0.2, -0.15) is 0 Å². The molecule has 3 aromatic rings. The normalized spacial score (nSPS) is 25.8. The van der Waals surface area contributed by atoms with Crippen LogP contribution in [0.3, 0.4) is 0 Å². The Morgan fingerprint density at radius 1 is 1.15 bits per heavy atom. The van der Waals surface area contributed by atoms with Crippen molar-refractivity contribution in [3.8, 4) is 11.1 Å². The van der Waals surface area contributed by atoms with Crippen molar-refractivity contribution in [2.75, 3.05) is 12.9 Å². The summed E-state index contributed by atoms with van der Waals surface area (Å²) >= 11 is 1.51. The second-order valence-electron chi connectivity index (χ2n) is 6.13. The molecule has 3 N–H and O–H groups in total. The standard InChI is InChI=1S/C18H19N3O4S/c1-26-17-13-11(10-5-3-2-4-6-10)7-21(16(13)19-9-20-17)18-15(24)14(23)12(8-22)25-18/h2-7,9,12,14-15,18,22-24H,8H2,1H3/t12-,14-,15-,18-/m1/s1. The zero-order chi connectivity index (χ0) is 18.3. The SMILES string of the molecule is CSc1ncnc2c1c(-c1ccccc1)cn2[C@@H]1O[C@H](CO)[C@@H](O)[C@H]1O. The van der Waals surface area contributed by atoms with Gasteiger partial charge in [-0.1, -0.05) is 30.3 Å². The van der Waals surface area contributed by atoms with Gasteiger partial charge in [0.15, 0.2) is 6.23 Å². The topological polar surface area (TPSA) is 101 Å². The largest absolute Gasteiger partial charge is 0.394 e. The highest BCUT2D eigenvalue weighted by Gasteiger charge is 2.44. The van der Waals surface area contributed by atoms with Gasteiger partial charge >= 0.3 is 0 Å². The summed E-state index contributed by atoms with van der Waals surface area (Å²) in [6.45, 7) is -0.371. The van der Waals surface area contributed by atoms with Crippen molar-refractivity contribution in [1.82, 2.24) is 14.5 Å². The quantitative estimate of drug-likeness (QED) is 0.470. The number of rotatable bonds is 4. The number of thioether (sulfide) groups is 1. The van der Waals surface area contributed by atoms with Crippen LogP contribution in [0, 0.1) is 0 Å². The van der Waals surface area contributed by atoms with Crippen molar-refractivity contribution in [2.24, 2.45) is 0 Å². The van der Waals surface area contributed by atoms with Gasteiger partial charge in [0.25, 0.3) is 0 Å². The summed E-state index contributed by atoms with van der Waals surface area (Å²) in [5.41, 5.74) is 2.52. The van der Waals surface area contributed by atoms with Crippen LogP contribution in [0.2, 0.25) is 0 Å². The van der Waals surface area contributed by atoms with Gasteiger partial charge < -0.3 is 24.6 Å². The second-order valence-corrected chi connectivity index (χ2v) is 6.92. The fraction of sp³-hybridized carbons (Fsp3) is 0.333. The molecule has 0 unspecified atom stereocenters. The van der Waals surface area contributed by atoms with E-state index in [2.05, 4.69) is 9.97 Å². The zero-order valence-electron chi connectivity index (χ0n) is 14.1. The molecule has 1 fully saturated rings. The molecule has 0 radical (unpaired) electrons. The Balaban J connectivity index is 1.92. The summed E-state index contributed by atoms with van der Waals surface area (Å²) < 4.78 is 7.41. The molecule has 1 aliphatic heterocycles. The lowest BCUT2D eigenvalue weighted by Gasteiger charge is -2.17. The third kappa shape index (κ3) is 2.70. The number of benzene rings is 1. The summed E-state index contributed by atoms with van der Waals surface area (Å²) in [7, 11) is 0. The molecule has 0 saturated carbocycles. The van der Waals surface area contributed by atoms with Crippen LogP contribution in [-0.4, -0.2) is 61.0 Å². The molecule has 0 spiro atoms. The van der Waals surface area contributed by atoms with E-state index in [4.69, 9.17) is 4.74 Å². The van der Waals surface area contributed by atoms with Gasteiger partial charge in [0.2, 0.25) is 0 Å². The van der Waals surface area contributed by atoms with E-state index in [9.17, 15) is 15.3 Å². The minimum absolute atomic E-state index is 0.371. The number of nitrogens with zero attached hydrogens (tertiary/aromatic N) is 3. The Bertz CT molecular complexity index is 917. The van der Waals surface area contributed by atoms with E-state index in [-0.39, 0.29) is 6.61 Å². The number of hydrogen-bond acceptors (Lipinski definition) is 7. The van der Waals surface area contributed by atoms with Crippen molar-refractivity contribution < 1.29 is 20.1 Å². The van der Waals surface area contributed by atoms with Gasteiger partial charge in [-0.15, -0.1) is 11.8 Å². The fourth-order valence-electron chi connectivity index (χ4n) is 3.35. The lowest BCUT2D eigenvalue weighted by atomic mass is 10.1. The highest BCUT2D eigenvalue weighted by Crippen LogP contribution is 2.39. The first-order valence-electron chi connectivity index (χ1n) is 8.23. The van der Waals surface area contributed by atoms with Crippen molar-refractivity contribution in [3.63, 3.8) is 0 Å². The van der Waals surface area contributed by atoms with Crippen LogP contribution in [-0.2, 0) is 4.74 Å². The summed E-state index contributed by atoms with van der Waals surface area (Å²) in [5.74, 6) is 0. The Morgan fingerprint density at radius 3 is 2.58 bits per heavy atom. The van der Waals surface area contributed by atoms with Crippen LogP contribution in [0.1, 0.15) is 6.23 Å². The highest BCUT2D eigenvalue weighted by molar-refractivity contribution is 7.98. The number of hydrogen-bond donors (Lipinski definition) is 3. The summed E-state index contributed by atoms with van der Waals surface area (Å²) in [4.78, 5) is 8.76. The van der Waals surface area contributed by atoms with E-state index >= 15 is 0 Å². The first-order valence-corrected chi connectivity index (χ1v) is 9.45. The average molecular weight is 373 g/mol. The lowest BCUT2D eigenvalue weighted by Crippen LogP contribution is -2.33. The first-order chi connectivity index (χ1) is 12.7. The molecule has 3 heterocycles. The van der Waals surface area contributed by atoms with Crippen molar-refractivity contribution in [3.05, 3.63) is 42.9 Å². The fourth-order valence-corrected chi connectivity index (χ4v) is 3.91. The molecule has 4 rings (SSSR count). The number of aliphatic hydroxyl groups is 3. The predicted octanol–water partition coefficient (Wildman–Crippen LogP) is 1.43. The van der Waals surface area contributed by atoms with E-state index in [0.717, 1.165) is 21.5 Å². The monoisotopic (exact) mass is 373 g/mol. The van der Waals surface area contributed by atoms with Crippen LogP contribution in [0.5, 0.6) is 0 Å². The maximum atomic E-state index is 10.4. The Labute approximate surface area is 154 Å². The van der Waals surface area contributed by atoms with E-state index in [1.54, 1.807) is 4.57 Å². The minimum atomic E-state index is -1.17. The number of aromatic nitrogens is 3. The zero-order valence-corrected chi connectivity index (χ0v) is 14.9. The van der Waals surface area contributed by atoms with Crippen molar-refractivity contribution in [2.45, 2.75) is 29.6 Å². The molecule has 26 heavy (non-hydrogen) atoms. The van der Waals surface area contributed by atoms with E-state index in [1.807, 2.05) is 42.8 Å². The van der Waals surface area contributed by atoms with Gasteiger partial charge in [-0.25, -0.2) is 9.97 Å². The number of aliphatic hydroxyl groups excluding tert-OH is 3. The smallest absolute Gasteiger partial charge is 0.164 e. The van der Waals surface area contributed by atoms with Gasteiger partial charge in [-0.05, 0) is 11.8 Å². The molecule has 0 bridgehead atoms. The van der Waals surface area contributed by atoms with Crippen molar-refractivity contribution in [1.29, 1.82) is 0 Å². The van der Waals surface area contributed by atoms with Crippen molar-refractivity contribution >= 4 is 22.8 Å². The number of ether oxygens (including phenoxy) is 1. The molecule has 0 aliphatic carbocycles. The van der Waals surface area contributed by atoms with E-state index in [1.165, 1.54) is 18.1 Å². The molecule has 2 aromatic heterocycles. The second kappa shape index (κ2) is 6.98. The summed E-state index contributed by atoms with van der Waals surface area (Å²) in [6.07, 6.45) is 1.26. The minimum Gasteiger partial charge on any atom is -0.394 e. The average Bonchev–Trinajstić information content (AvgIpc) is 3.20. The van der Waals surface area contributed by atoms with Crippen LogP contribution < -0.4 is 0 Å². The summed E-state index contributed by atoms with van der Waals surface area (Å²) in [6, 6.07) is 9.84. The van der Waals surface area contributed by atoms with Crippen LogP contribution >= 0.6 is 11.8 Å². The van der Waals surface area contributed by atoms with Crippen LogP contribution in [0.4, 0.5) is 0 Å².